The van der Waals surface area contributed by atoms with Crippen molar-refractivity contribution in [1.82, 2.24) is 0 Å². The summed E-state index contributed by atoms with van der Waals surface area (Å²) >= 11 is 2.97. The summed E-state index contributed by atoms with van der Waals surface area (Å²) in [7, 11) is 0. The molecule has 0 radical (unpaired) electrons. The number of nitrogens with one attached hydrogen (secondary N) is 1. The molecule has 8 heteroatoms. The largest absolute Gasteiger partial charge is 1.00 e. The van der Waals surface area contributed by atoms with E-state index in [1.165, 1.54) is 0 Å². The molecule has 100 valence electrons. The molecule has 1 aromatic rings. The normalized spacial score (nSPS) is 9.89. The van der Waals surface area contributed by atoms with Crippen LogP contribution in [0.25, 0.3) is 0 Å². The molecule has 0 spiro atoms. The molecule has 0 saturated heterocycles. The van der Waals surface area contributed by atoms with E-state index in [4.69, 9.17) is 0 Å². The van der Waals surface area contributed by atoms with Crippen molar-refractivity contribution in [2.75, 3.05) is 9.74 Å². The van der Waals surface area contributed by atoms with Gasteiger partial charge in [-0.3, -0.25) is 9.83 Å². The van der Waals surface area contributed by atoms with Crippen LogP contribution in [0.1, 0.15) is 17.5 Å². The average molecular weight is 405 g/mol. The minimum absolute atomic E-state index is 0. The molecule has 19 heavy (non-hydrogen) atoms. The standard InChI is InChI=1S/C11H14INO4S.Na/c1-7-5-8(2)10(18-17-16-15)6-9(7)13-11(14)3-4-12;/h5-6,15H,3-4H2,1-2H3,(H,13,14);/q;+1/p-1. The van der Waals surface area contributed by atoms with E-state index in [1.807, 2.05) is 19.9 Å². The van der Waals surface area contributed by atoms with Crippen molar-refractivity contribution in [1.29, 1.82) is 0 Å². The van der Waals surface area contributed by atoms with Gasteiger partial charge in [0.15, 0.2) is 0 Å². The van der Waals surface area contributed by atoms with E-state index in [0.29, 0.717) is 12.1 Å². The van der Waals surface area contributed by atoms with Crippen LogP contribution in [-0.2, 0) is 14.2 Å². The molecule has 0 bridgehead atoms. The second kappa shape index (κ2) is 10.4. The monoisotopic (exact) mass is 405 g/mol. The van der Waals surface area contributed by atoms with Crippen LogP contribution in [-0.4, -0.2) is 10.3 Å². The fraction of sp³-hybridized carbons (Fsp3) is 0.364. The quantitative estimate of drug-likeness (QED) is 0.169. The van der Waals surface area contributed by atoms with E-state index < -0.39 is 0 Å². The number of carbonyl (C=O) groups is 1. The fourth-order valence-electron chi connectivity index (χ4n) is 1.41. The Balaban J connectivity index is 0.00000324. The number of alkyl halides is 1. The van der Waals surface area contributed by atoms with Crippen molar-refractivity contribution in [2.24, 2.45) is 0 Å². The van der Waals surface area contributed by atoms with Crippen LogP contribution >= 0.6 is 34.6 Å². The second-order valence-electron chi connectivity index (χ2n) is 3.64. The molecular formula is C11H13INNaO4S. The zero-order valence-corrected chi connectivity index (χ0v) is 16.0. The summed E-state index contributed by atoms with van der Waals surface area (Å²) in [6.07, 6.45) is 0.469. The van der Waals surface area contributed by atoms with Gasteiger partial charge in [0.1, 0.15) is 0 Å². The van der Waals surface area contributed by atoms with Gasteiger partial charge in [-0.25, -0.2) is 0 Å². The fourth-order valence-corrected chi connectivity index (χ4v) is 2.35. The second-order valence-corrected chi connectivity index (χ2v) is 5.46. The van der Waals surface area contributed by atoms with Gasteiger partial charge in [-0.1, -0.05) is 28.7 Å². The van der Waals surface area contributed by atoms with Gasteiger partial charge < -0.3 is 10.6 Å². The predicted molar refractivity (Wildman–Crippen MR) is 76.1 cm³/mol. The minimum atomic E-state index is -0.0340. The van der Waals surface area contributed by atoms with E-state index in [-0.39, 0.29) is 35.5 Å². The van der Waals surface area contributed by atoms with Crippen molar-refractivity contribution in [2.45, 2.75) is 25.2 Å². The maximum Gasteiger partial charge on any atom is 1.00 e. The van der Waals surface area contributed by atoms with Gasteiger partial charge in [0.05, 0.1) is 12.0 Å². The Hall–Kier alpha value is 0.650. The van der Waals surface area contributed by atoms with Crippen LogP contribution in [0.15, 0.2) is 17.0 Å². The molecule has 1 amide bonds. The Morgan fingerprint density at radius 3 is 2.68 bits per heavy atom. The number of benzene rings is 1. The van der Waals surface area contributed by atoms with Gasteiger partial charge >= 0.3 is 29.6 Å². The number of anilines is 1. The van der Waals surface area contributed by atoms with Gasteiger partial charge in [-0.15, -0.1) is 0 Å². The molecule has 0 aliphatic carbocycles. The summed E-state index contributed by atoms with van der Waals surface area (Å²) in [5.41, 5.74) is 2.62. The van der Waals surface area contributed by atoms with Crippen LogP contribution < -0.4 is 40.1 Å². The molecule has 1 N–H and O–H groups in total. The molecule has 0 fully saturated rings. The Labute approximate surface area is 152 Å². The van der Waals surface area contributed by atoms with Crippen LogP contribution in [0, 0.1) is 13.8 Å². The van der Waals surface area contributed by atoms with Gasteiger partial charge in [0.25, 0.3) is 0 Å². The maximum absolute atomic E-state index is 11.5. The molecule has 0 unspecified atom stereocenters. The summed E-state index contributed by atoms with van der Waals surface area (Å²) < 4.78 is 5.06. The molecule has 0 atom stereocenters. The third-order valence-electron chi connectivity index (χ3n) is 2.27. The van der Waals surface area contributed by atoms with Crippen molar-refractivity contribution in [3.8, 4) is 0 Å². The number of amides is 1. The van der Waals surface area contributed by atoms with E-state index in [1.54, 1.807) is 6.07 Å². The summed E-state index contributed by atoms with van der Waals surface area (Å²) in [4.78, 5) is 12.3. The number of aryl methyl sites for hydroxylation is 2. The first-order valence-electron chi connectivity index (χ1n) is 5.18. The summed E-state index contributed by atoms with van der Waals surface area (Å²) in [5.74, 6) is -0.0340. The zero-order valence-electron chi connectivity index (χ0n) is 11.0. The topological polar surface area (TPSA) is 70.6 Å². The van der Waals surface area contributed by atoms with Crippen molar-refractivity contribution >= 4 is 46.2 Å². The van der Waals surface area contributed by atoms with Crippen molar-refractivity contribution in [3.63, 3.8) is 0 Å². The van der Waals surface area contributed by atoms with Crippen LogP contribution in [0.4, 0.5) is 5.69 Å². The molecule has 0 aliphatic rings. The molecule has 1 rings (SSSR count). The SMILES string of the molecule is Cc1cc(C)c(SOO[O-])cc1NC(=O)CCI.[Na+]. The first-order valence-corrected chi connectivity index (χ1v) is 7.45. The molecule has 1 aromatic carbocycles. The number of hydrogen-bond donors (Lipinski definition) is 1. The van der Waals surface area contributed by atoms with E-state index in [9.17, 15) is 10.1 Å². The Morgan fingerprint density at radius 1 is 1.42 bits per heavy atom. The molecule has 5 nitrogen and oxygen atoms in total. The number of carbonyl (C=O) groups excluding carboxylic acids is 1. The summed E-state index contributed by atoms with van der Waals surface area (Å²) in [6.45, 7) is 3.80. The van der Waals surface area contributed by atoms with Crippen LogP contribution in [0.2, 0.25) is 0 Å². The molecule has 0 saturated carbocycles. The van der Waals surface area contributed by atoms with Gasteiger partial charge in [-0.2, -0.15) is 4.33 Å². The van der Waals surface area contributed by atoms with Crippen LogP contribution in [0.5, 0.6) is 0 Å². The third-order valence-corrected chi connectivity index (χ3v) is 3.55. The van der Waals surface area contributed by atoms with Crippen molar-refractivity contribution < 1.29 is 49.0 Å². The van der Waals surface area contributed by atoms with E-state index >= 15 is 0 Å². The van der Waals surface area contributed by atoms with Gasteiger partial charge in [-0.05, 0) is 31.0 Å². The Kier molecular flexibility index (Phi) is 10.7. The Morgan fingerprint density at radius 2 is 2.11 bits per heavy atom. The zero-order chi connectivity index (χ0) is 13.5. The number of halogens is 1. The average Bonchev–Trinajstić information content (AvgIpc) is 2.31. The van der Waals surface area contributed by atoms with Gasteiger partial charge in [0, 0.05) is 21.4 Å². The molecule has 0 aliphatic heterocycles. The Bertz CT molecular complexity index is 433. The third kappa shape index (κ3) is 6.76. The molecule has 0 heterocycles. The summed E-state index contributed by atoms with van der Waals surface area (Å²) in [5, 5.41) is 16.0. The molecular weight excluding hydrogens is 392 g/mol. The van der Waals surface area contributed by atoms with Crippen molar-refractivity contribution in [3.05, 3.63) is 23.3 Å². The van der Waals surface area contributed by atoms with Gasteiger partial charge in [0.2, 0.25) is 5.91 Å². The maximum atomic E-state index is 11.5. The van der Waals surface area contributed by atoms with E-state index in [2.05, 4.69) is 37.3 Å². The molecule has 0 aromatic heterocycles. The number of rotatable bonds is 6. The summed E-state index contributed by atoms with van der Waals surface area (Å²) in [6, 6.07) is 3.68. The minimum Gasteiger partial charge on any atom is -0.691 e. The van der Waals surface area contributed by atoms with Crippen LogP contribution in [0.3, 0.4) is 0 Å². The number of hydrogen-bond acceptors (Lipinski definition) is 5. The smallest absolute Gasteiger partial charge is 0.691 e. The first kappa shape index (κ1) is 19.7. The first-order chi connectivity index (χ1) is 8.58. The van der Waals surface area contributed by atoms with E-state index in [0.717, 1.165) is 32.5 Å². The predicted octanol–water partition coefficient (Wildman–Crippen LogP) is -0.698.